The van der Waals surface area contributed by atoms with Crippen LogP contribution in [0.5, 0.6) is 0 Å². The van der Waals surface area contributed by atoms with Crippen LogP contribution >= 0.6 is 0 Å². The Kier molecular flexibility index (Phi) is 6.88. The molecule has 3 N–H and O–H groups in total. The van der Waals surface area contributed by atoms with E-state index in [1.54, 1.807) is 30.3 Å². The molecule has 26 heavy (non-hydrogen) atoms. The molecule has 1 aliphatic carbocycles. The number of hydrogen-bond donors (Lipinski definition) is 3. The fourth-order valence-electron chi connectivity index (χ4n) is 3.14. The fourth-order valence-corrected chi connectivity index (χ4v) is 3.14. The molecule has 0 aliphatic heterocycles. The second-order valence-corrected chi connectivity index (χ2v) is 6.62. The van der Waals surface area contributed by atoms with E-state index in [9.17, 15) is 22.8 Å². The number of carbonyl (C=O) groups is 2. The van der Waals surface area contributed by atoms with Gasteiger partial charge in [-0.15, -0.1) is 0 Å². The molecule has 0 saturated heterocycles. The van der Waals surface area contributed by atoms with Crippen molar-refractivity contribution >= 4 is 12.0 Å². The number of carbonyl (C=O) groups excluding carboxylic acids is 1. The van der Waals surface area contributed by atoms with E-state index in [2.05, 4.69) is 5.32 Å². The van der Waals surface area contributed by atoms with Crippen molar-refractivity contribution in [3.8, 4) is 0 Å². The van der Waals surface area contributed by atoms with Crippen LogP contribution in [0.3, 0.4) is 0 Å². The van der Waals surface area contributed by atoms with Gasteiger partial charge in [-0.2, -0.15) is 13.2 Å². The minimum atomic E-state index is -4.53. The molecule has 2 rings (SSSR count). The number of halogens is 3. The van der Waals surface area contributed by atoms with E-state index in [0.717, 1.165) is 5.56 Å². The molecule has 1 fully saturated rings. The summed E-state index contributed by atoms with van der Waals surface area (Å²) < 4.78 is 39.6. The molecule has 0 bridgehead atoms. The third kappa shape index (κ3) is 6.24. The van der Waals surface area contributed by atoms with Crippen LogP contribution in [-0.4, -0.2) is 35.4 Å². The number of nitrogens with one attached hydrogen (secondary N) is 2. The van der Waals surface area contributed by atoms with Crippen molar-refractivity contribution in [1.82, 2.24) is 10.6 Å². The lowest BCUT2D eigenvalue weighted by atomic mass is 9.86. The highest BCUT2D eigenvalue weighted by Gasteiger charge is 2.40. The zero-order chi connectivity index (χ0) is 19.2. The van der Waals surface area contributed by atoms with Crippen LogP contribution in [0.2, 0.25) is 0 Å². The van der Waals surface area contributed by atoms with Crippen LogP contribution in [0, 0.1) is 5.92 Å². The van der Waals surface area contributed by atoms with Crippen molar-refractivity contribution in [1.29, 1.82) is 0 Å². The van der Waals surface area contributed by atoms with Gasteiger partial charge in [-0.05, 0) is 44.1 Å². The molecule has 2 amide bonds. The number of hydrogen-bond acceptors (Lipinski definition) is 2. The van der Waals surface area contributed by atoms with Crippen LogP contribution < -0.4 is 10.6 Å². The lowest BCUT2D eigenvalue weighted by Crippen LogP contribution is -2.52. The summed E-state index contributed by atoms with van der Waals surface area (Å²) in [5.41, 5.74) is 0.774. The minimum absolute atomic E-state index is 0.203. The first-order valence-electron chi connectivity index (χ1n) is 8.66. The maximum Gasteiger partial charge on any atom is 0.408 e. The van der Waals surface area contributed by atoms with Crippen molar-refractivity contribution in [3.05, 3.63) is 35.9 Å². The van der Waals surface area contributed by atoms with E-state index in [1.165, 1.54) is 0 Å². The number of amides is 2. The first-order valence-corrected chi connectivity index (χ1v) is 8.66. The lowest BCUT2D eigenvalue weighted by molar-refractivity contribution is -0.154. The zero-order valence-corrected chi connectivity index (χ0v) is 14.3. The number of carboxylic acid groups (broad SMARTS) is 1. The molecule has 144 valence electrons. The number of aliphatic carboxylic acids is 1. The number of aryl methyl sites for hydroxylation is 1. The van der Waals surface area contributed by atoms with Gasteiger partial charge >= 0.3 is 18.2 Å². The summed E-state index contributed by atoms with van der Waals surface area (Å²) in [5, 5.41) is 13.5. The van der Waals surface area contributed by atoms with Gasteiger partial charge < -0.3 is 15.7 Å². The molecular weight excluding hydrogens is 349 g/mol. The summed E-state index contributed by atoms with van der Waals surface area (Å²) in [6.07, 6.45) is -2.85. The quantitative estimate of drug-likeness (QED) is 0.715. The summed E-state index contributed by atoms with van der Waals surface area (Å²) in [6.45, 7) is 0. The Labute approximate surface area is 150 Å². The van der Waals surface area contributed by atoms with Gasteiger partial charge in [0.05, 0.1) is 5.92 Å². The SMILES string of the molecule is O=C(NC1CCC(C(=O)O)CC1)NC(CCc1ccccc1)C(F)(F)F. The molecule has 1 aromatic rings. The van der Waals surface area contributed by atoms with Gasteiger partial charge in [-0.1, -0.05) is 30.3 Å². The Balaban J connectivity index is 1.83. The molecule has 8 heteroatoms. The van der Waals surface area contributed by atoms with Gasteiger partial charge in [0.2, 0.25) is 0 Å². The van der Waals surface area contributed by atoms with Crippen molar-refractivity contribution < 1.29 is 27.9 Å². The Bertz CT molecular complexity index is 599. The predicted molar refractivity (Wildman–Crippen MR) is 89.7 cm³/mol. The van der Waals surface area contributed by atoms with Crippen molar-refractivity contribution in [2.45, 2.75) is 56.8 Å². The highest BCUT2D eigenvalue weighted by Crippen LogP contribution is 2.26. The molecule has 0 heterocycles. The zero-order valence-electron chi connectivity index (χ0n) is 14.3. The molecule has 1 saturated carbocycles. The second kappa shape index (κ2) is 8.91. The molecule has 0 aromatic heterocycles. The van der Waals surface area contributed by atoms with Gasteiger partial charge in [0.25, 0.3) is 0 Å². The molecule has 0 radical (unpaired) electrons. The minimum Gasteiger partial charge on any atom is -0.481 e. The average Bonchev–Trinajstić information content (AvgIpc) is 2.59. The van der Waals surface area contributed by atoms with Gasteiger partial charge in [0.1, 0.15) is 6.04 Å². The summed E-state index contributed by atoms with van der Waals surface area (Å²) in [5.74, 6) is -1.31. The lowest BCUT2D eigenvalue weighted by Gasteiger charge is -2.28. The monoisotopic (exact) mass is 372 g/mol. The van der Waals surface area contributed by atoms with Crippen LogP contribution in [0.15, 0.2) is 30.3 Å². The predicted octanol–water partition coefficient (Wildman–Crippen LogP) is 3.49. The number of benzene rings is 1. The number of carboxylic acids is 1. The van der Waals surface area contributed by atoms with Gasteiger partial charge in [-0.25, -0.2) is 4.79 Å². The van der Waals surface area contributed by atoms with E-state index in [-0.39, 0.29) is 18.9 Å². The highest BCUT2D eigenvalue weighted by atomic mass is 19.4. The largest absolute Gasteiger partial charge is 0.481 e. The number of alkyl halides is 3. The Morgan fingerprint density at radius 2 is 1.73 bits per heavy atom. The van der Waals surface area contributed by atoms with Crippen LogP contribution in [-0.2, 0) is 11.2 Å². The standard InChI is InChI=1S/C18H23F3N2O3/c19-18(20,21)15(11-6-12-4-2-1-3-5-12)23-17(26)22-14-9-7-13(8-10-14)16(24)25/h1-5,13-15H,6-11H2,(H,24,25)(H2,22,23,26). The van der Waals surface area contributed by atoms with Crippen molar-refractivity contribution in [2.75, 3.05) is 0 Å². The van der Waals surface area contributed by atoms with E-state index < -0.39 is 30.1 Å². The molecule has 1 unspecified atom stereocenters. The summed E-state index contributed by atoms with van der Waals surface area (Å²) in [4.78, 5) is 22.9. The molecular formula is C18H23F3N2O3. The van der Waals surface area contributed by atoms with Gasteiger partial charge in [-0.3, -0.25) is 4.79 Å². The Morgan fingerprint density at radius 1 is 1.12 bits per heavy atom. The highest BCUT2D eigenvalue weighted by molar-refractivity contribution is 5.75. The van der Waals surface area contributed by atoms with Crippen LogP contribution in [0.4, 0.5) is 18.0 Å². The van der Waals surface area contributed by atoms with E-state index in [4.69, 9.17) is 5.11 Å². The van der Waals surface area contributed by atoms with E-state index in [1.807, 2.05) is 5.32 Å². The third-order valence-corrected chi connectivity index (χ3v) is 4.68. The normalized spacial score (nSPS) is 21.7. The Hall–Kier alpha value is -2.25. The summed E-state index contributed by atoms with van der Waals surface area (Å²) in [7, 11) is 0. The van der Waals surface area contributed by atoms with Crippen LogP contribution in [0.1, 0.15) is 37.7 Å². The average molecular weight is 372 g/mol. The van der Waals surface area contributed by atoms with Crippen LogP contribution in [0.25, 0.3) is 0 Å². The van der Waals surface area contributed by atoms with Crippen molar-refractivity contribution in [3.63, 3.8) is 0 Å². The molecule has 0 spiro atoms. The molecule has 1 atom stereocenters. The molecule has 5 nitrogen and oxygen atoms in total. The maximum absolute atomic E-state index is 13.2. The number of urea groups is 1. The third-order valence-electron chi connectivity index (χ3n) is 4.68. The van der Waals surface area contributed by atoms with Gasteiger partial charge in [0.15, 0.2) is 0 Å². The molecule has 1 aromatic carbocycles. The fraction of sp³-hybridized carbons (Fsp3) is 0.556. The number of rotatable bonds is 6. The maximum atomic E-state index is 13.2. The van der Waals surface area contributed by atoms with Gasteiger partial charge in [0, 0.05) is 6.04 Å². The Morgan fingerprint density at radius 3 is 2.27 bits per heavy atom. The summed E-state index contributed by atoms with van der Waals surface area (Å²) in [6, 6.07) is 5.70. The van der Waals surface area contributed by atoms with E-state index >= 15 is 0 Å². The topological polar surface area (TPSA) is 78.4 Å². The summed E-state index contributed by atoms with van der Waals surface area (Å²) >= 11 is 0. The second-order valence-electron chi connectivity index (χ2n) is 6.62. The van der Waals surface area contributed by atoms with Crippen molar-refractivity contribution in [2.24, 2.45) is 5.92 Å². The smallest absolute Gasteiger partial charge is 0.408 e. The first-order chi connectivity index (χ1) is 12.3. The first kappa shape index (κ1) is 20.1. The molecule has 1 aliphatic rings. The van der Waals surface area contributed by atoms with E-state index in [0.29, 0.717) is 25.7 Å².